The van der Waals surface area contributed by atoms with Crippen molar-refractivity contribution in [2.75, 3.05) is 6.61 Å². The van der Waals surface area contributed by atoms with Crippen LogP contribution < -0.4 is 5.73 Å². The summed E-state index contributed by atoms with van der Waals surface area (Å²) >= 11 is 1.45. The van der Waals surface area contributed by atoms with Gasteiger partial charge in [-0.3, -0.25) is 9.69 Å². The van der Waals surface area contributed by atoms with Crippen molar-refractivity contribution in [1.82, 2.24) is 4.90 Å². The molecule has 1 amide bonds. The largest absolute Gasteiger partial charge is 0.495 e. The fourth-order valence-corrected chi connectivity index (χ4v) is 3.34. The molecule has 0 bridgehead atoms. The van der Waals surface area contributed by atoms with Gasteiger partial charge in [0.25, 0.3) is 0 Å². The molecule has 6 nitrogen and oxygen atoms in total. The highest BCUT2D eigenvalue weighted by Gasteiger charge is 2.54. The number of carbonyl (C=O) groups is 2. The molecule has 7 heteroatoms. The number of carboxylic acid groups (broad SMARTS) is 1. The van der Waals surface area contributed by atoms with Gasteiger partial charge in [-0.2, -0.15) is 0 Å². The highest BCUT2D eigenvalue weighted by atomic mass is 32.2. The molecule has 0 aromatic carbocycles. The van der Waals surface area contributed by atoms with Crippen molar-refractivity contribution in [1.29, 1.82) is 0 Å². The molecule has 2 aliphatic rings. The molecule has 0 saturated carbocycles. The topological polar surface area (TPSA) is 92.9 Å². The van der Waals surface area contributed by atoms with E-state index >= 15 is 0 Å². The minimum atomic E-state index is -1.15. The van der Waals surface area contributed by atoms with E-state index in [9.17, 15) is 14.7 Å². The molecule has 0 spiro atoms. The summed E-state index contributed by atoms with van der Waals surface area (Å²) in [6, 6.07) is -0.611. The second-order valence-electron chi connectivity index (χ2n) is 3.85. The van der Waals surface area contributed by atoms with Crippen LogP contribution in [0.2, 0.25) is 0 Å². The molecule has 2 rings (SSSR count). The fraction of sp³-hybridized carbons (Fsp3) is 0.600. The van der Waals surface area contributed by atoms with Crippen molar-refractivity contribution in [2.24, 2.45) is 5.73 Å². The molecule has 1 saturated heterocycles. The minimum Gasteiger partial charge on any atom is -0.495 e. The first-order chi connectivity index (χ1) is 7.99. The van der Waals surface area contributed by atoms with Gasteiger partial charge in [-0.05, 0) is 13.8 Å². The number of amides is 1. The molecule has 2 heterocycles. The number of hydrogen-bond donors (Lipinski definition) is 2. The van der Waals surface area contributed by atoms with Crippen LogP contribution in [-0.2, 0) is 14.3 Å². The Labute approximate surface area is 103 Å². The number of thioether (sulfide) groups is 1. The summed E-state index contributed by atoms with van der Waals surface area (Å²) in [5, 5.41) is 8.80. The lowest BCUT2D eigenvalue weighted by Crippen LogP contribution is -2.69. The fourth-order valence-electron chi connectivity index (χ4n) is 2.00. The summed E-state index contributed by atoms with van der Waals surface area (Å²) in [6.45, 7) is 4.00. The Morgan fingerprint density at radius 2 is 2.29 bits per heavy atom. The lowest BCUT2D eigenvalue weighted by Gasteiger charge is -2.49. The maximum absolute atomic E-state index is 11.6. The average Bonchev–Trinajstić information content (AvgIpc) is 2.30. The van der Waals surface area contributed by atoms with E-state index in [1.165, 1.54) is 16.7 Å². The number of hydrogen-bond acceptors (Lipinski definition) is 5. The van der Waals surface area contributed by atoms with Crippen LogP contribution in [0, 0.1) is 0 Å². The third-order valence-electron chi connectivity index (χ3n) is 2.77. The zero-order chi connectivity index (χ0) is 12.7. The van der Waals surface area contributed by atoms with E-state index in [4.69, 9.17) is 10.5 Å². The lowest BCUT2D eigenvalue weighted by atomic mass is 10.1. The maximum atomic E-state index is 11.6. The third kappa shape index (κ3) is 1.69. The number of aliphatic carboxylic acids is 1. The molecule has 0 aromatic heterocycles. The number of nitrogens with zero attached hydrogens (tertiary/aromatic N) is 1. The van der Waals surface area contributed by atoms with Gasteiger partial charge >= 0.3 is 5.97 Å². The smallest absolute Gasteiger partial charge is 0.356 e. The van der Waals surface area contributed by atoms with E-state index in [0.717, 1.165) is 0 Å². The first-order valence-electron chi connectivity index (χ1n) is 5.33. The van der Waals surface area contributed by atoms with Gasteiger partial charge in [0.15, 0.2) is 5.70 Å². The van der Waals surface area contributed by atoms with Crippen LogP contribution in [0.1, 0.15) is 13.8 Å². The van der Waals surface area contributed by atoms with Crippen LogP contribution in [0.25, 0.3) is 0 Å². The predicted octanol–water partition coefficient (Wildman–Crippen LogP) is -0.0500. The zero-order valence-electron chi connectivity index (χ0n) is 9.54. The Hall–Kier alpha value is -1.21. The minimum absolute atomic E-state index is 0.0604. The van der Waals surface area contributed by atoms with Crippen molar-refractivity contribution in [3.05, 3.63) is 11.5 Å². The van der Waals surface area contributed by atoms with Gasteiger partial charge in [0, 0.05) is 0 Å². The van der Waals surface area contributed by atoms with E-state index in [1.807, 2.05) is 6.92 Å². The van der Waals surface area contributed by atoms with Crippen molar-refractivity contribution in [3.63, 3.8) is 0 Å². The molecule has 3 N–H and O–H groups in total. The Balaban J connectivity index is 2.42. The molecule has 2 aliphatic heterocycles. The predicted molar refractivity (Wildman–Crippen MR) is 62.0 cm³/mol. The molecule has 0 radical (unpaired) electrons. The second kappa shape index (κ2) is 4.23. The number of ether oxygens (including phenoxy) is 1. The van der Waals surface area contributed by atoms with Gasteiger partial charge in [0.05, 0.1) is 11.9 Å². The normalized spacial score (nSPS) is 32.1. The standard InChI is InChI=1S/C10H14N2O4S/c1-3-16-7-4(2)17-9-5(11)8(13)12(9)6(7)10(14)15/h4-5,9H,3,11H2,1-2H3,(H,14,15)/t4?,5?,9-/m1/s1. The van der Waals surface area contributed by atoms with E-state index in [2.05, 4.69) is 0 Å². The summed E-state index contributed by atoms with van der Waals surface area (Å²) < 4.78 is 5.35. The van der Waals surface area contributed by atoms with Crippen molar-refractivity contribution < 1.29 is 19.4 Å². The van der Waals surface area contributed by atoms with E-state index < -0.39 is 12.0 Å². The first-order valence-corrected chi connectivity index (χ1v) is 6.27. The monoisotopic (exact) mass is 258 g/mol. The van der Waals surface area contributed by atoms with Crippen molar-refractivity contribution >= 4 is 23.6 Å². The highest BCUT2D eigenvalue weighted by molar-refractivity contribution is 8.00. The van der Waals surface area contributed by atoms with Crippen LogP contribution in [0.5, 0.6) is 0 Å². The van der Waals surface area contributed by atoms with Gasteiger partial charge in [-0.15, -0.1) is 11.8 Å². The van der Waals surface area contributed by atoms with Gasteiger partial charge < -0.3 is 15.6 Å². The molecule has 0 aliphatic carbocycles. The second-order valence-corrected chi connectivity index (χ2v) is 5.32. The number of β-lactam (4-membered cyclic amide) rings is 1. The van der Waals surface area contributed by atoms with Crippen molar-refractivity contribution in [3.8, 4) is 0 Å². The summed E-state index contributed by atoms with van der Waals surface area (Å²) in [6.07, 6.45) is 0. The molecule has 2 unspecified atom stereocenters. The number of nitrogens with two attached hydrogens (primary N) is 1. The molecule has 0 aromatic rings. The van der Waals surface area contributed by atoms with E-state index in [1.54, 1.807) is 6.92 Å². The van der Waals surface area contributed by atoms with Gasteiger partial charge in [-0.1, -0.05) is 0 Å². The SMILES string of the molecule is CCOC1=C(C(=O)O)N2C(=O)C(N)[C@H]2SC1C. The number of fused-ring (bicyclic) bond motifs is 1. The maximum Gasteiger partial charge on any atom is 0.356 e. The molecular weight excluding hydrogens is 244 g/mol. The van der Waals surface area contributed by atoms with Crippen LogP contribution >= 0.6 is 11.8 Å². The number of rotatable bonds is 3. The van der Waals surface area contributed by atoms with Crippen LogP contribution in [-0.4, -0.2) is 45.2 Å². The number of carboxylic acids is 1. The summed E-state index contributed by atoms with van der Waals surface area (Å²) in [4.78, 5) is 24.1. The van der Waals surface area contributed by atoms with Gasteiger partial charge in [0.2, 0.25) is 5.91 Å². The third-order valence-corrected chi connectivity index (χ3v) is 4.18. The van der Waals surface area contributed by atoms with Crippen LogP contribution in [0.3, 0.4) is 0 Å². The molecule has 3 atom stereocenters. The molecule has 94 valence electrons. The zero-order valence-corrected chi connectivity index (χ0v) is 10.4. The van der Waals surface area contributed by atoms with Crippen molar-refractivity contribution in [2.45, 2.75) is 30.5 Å². The molecular formula is C10H14N2O4S. The molecule has 17 heavy (non-hydrogen) atoms. The first kappa shape index (κ1) is 12.3. The quantitative estimate of drug-likeness (QED) is 0.689. The van der Waals surface area contributed by atoms with Crippen LogP contribution in [0.15, 0.2) is 11.5 Å². The van der Waals surface area contributed by atoms with E-state index in [-0.39, 0.29) is 22.2 Å². The Kier molecular flexibility index (Phi) is 3.05. The van der Waals surface area contributed by atoms with Crippen LogP contribution in [0.4, 0.5) is 0 Å². The highest BCUT2D eigenvalue weighted by Crippen LogP contribution is 2.43. The summed E-state index contributed by atoms with van der Waals surface area (Å²) in [7, 11) is 0. The van der Waals surface area contributed by atoms with Gasteiger partial charge in [-0.25, -0.2) is 4.79 Å². The average molecular weight is 258 g/mol. The lowest BCUT2D eigenvalue weighted by molar-refractivity contribution is -0.148. The Bertz CT molecular complexity index is 409. The number of carbonyl (C=O) groups excluding carboxylic acids is 1. The van der Waals surface area contributed by atoms with Gasteiger partial charge in [0.1, 0.15) is 17.2 Å². The van der Waals surface area contributed by atoms with E-state index in [0.29, 0.717) is 12.4 Å². The summed E-state index contributed by atoms with van der Waals surface area (Å²) in [5.74, 6) is -1.16. The Morgan fingerprint density at radius 1 is 1.65 bits per heavy atom. The Morgan fingerprint density at radius 3 is 2.82 bits per heavy atom. The summed E-state index contributed by atoms with van der Waals surface area (Å²) in [5.41, 5.74) is 5.59. The molecule has 1 fully saturated rings.